The summed E-state index contributed by atoms with van der Waals surface area (Å²) in [6.45, 7) is 2.83. The molecule has 0 atom stereocenters. The maximum absolute atomic E-state index is 13.2. The van der Waals surface area contributed by atoms with Gasteiger partial charge in [0.15, 0.2) is 0 Å². The number of halogens is 3. The van der Waals surface area contributed by atoms with Crippen LogP contribution in [0.4, 0.5) is 21.8 Å². The van der Waals surface area contributed by atoms with Gasteiger partial charge in [0.25, 0.3) is 0 Å². The second-order valence-corrected chi connectivity index (χ2v) is 5.33. The lowest BCUT2D eigenvalue weighted by atomic mass is 10.3. The molecule has 0 saturated heterocycles. The van der Waals surface area contributed by atoms with Crippen molar-refractivity contribution in [2.24, 2.45) is 0 Å². The van der Waals surface area contributed by atoms with Crippen molar-refractivity contribution in [3.63, 3.8) is 0 Å². The van der Waals surface area contributed by atoms with E-state index >= 15 is 0 Å². The zero-order valence-corrected chi connectivity index (χ0v) is 13.1. The highest BCUT2D eigenvalue weighted by molar-refractivity contribution is 9.10. The summed E-state index contributed by atoms with van der Waals surface area (Å²) in [6.07, 6.45) is 2.60. The fourth-order valence-electron chi connectivity index (χ4n) is 1.50. The van der Waals surface area contributed by atoms with Crippen LogP contribution in [-0.2, 0) is 0 Å². The van der Waals surface area contributed by atoms with Gasteiger partial charge in [-0.05, 0) is 40.5 Å². The first-order valence-electron chi connectivity index (χ1n) is 6.08. The van der Waals surface area contributed by atoms with Crippen LogP contribution in [0.1, 0.15) is 13.3 Å². The SMILES string of the molecule is CCCNc1ncc(Br)c(Nc2cc(F)ccc2Cl)n1. The second-order valence-electron chi connectivity index (χ2n) is 4.07. The van der Waals surface area contributed by atoms with E-state index in [9.17, 15) is 4.39 Å². The minimum atomic E-state index is -0.369. The summed E-state index contributed by atoms with van der Waals surface area (Å²) in [5.74, 6) is 0.655. The second kappa shape index (κ2) is 6.85. The highest BCUT2D eigenvalue weighted by Gasteiger charge is 2.08. The fourth-order valence-corrected chi connectivity index (χ4v) is 1.95. The Balaban J connectivity index is 2.25. The first-order chi connectivity index (χ1) is 9.60. The van der Waals surface area contributed by atoms with Crippen LogP contribution in [0, 0.1) is 5.82 Å². The fraction of sp³-hybridized carbons (Fsp3) is 0.231. The molecule has 0 fully saturated rings. The van der Waals surface area contributed by atoms with Crippen LogP contribution in [0.25, 0.3) is 0 Å². The molecular formula is C13H13BrClFN4. The molecule has 20 heavy (non-hydrogen) atoms. The minimum absolute atomic E-state index is 0.369. The van der Waals surface area contributed by atoms with Gasteiger partial charge in [0.05, 0.1) is 15.2 Å². The molecule has 0 unspecified atom stereocenters. The highest BCUT2D eigenvalue weighted by Crippen LogP contribution is 2.29. The first-order valence-corrected chi connectivity index (χ1v) is 7.25. The Hall–Kier alpha value is -1.40. The van der Waals surface area contributed by atoms with Crippen LogP contribution in [0.2, 0.25) is 5.02 Å². The summed E-state index contributed by atoms with van der Waals surface area (Å²) in [4.78, 5) is 8.46. The van der Waals surface area contributed by atoms with E-state index in [0.717, 1.165) is 13.0 Å². The molecular weight excluding hydrogens is 347 g/mol. The molecule has 1 aromatic heterocycles. The van der Waals surface area contributed by atoms with E-state index in [2.05, 4.69) is 43.5 Å². The topological polar surface area (TPSA) is 49.8 Å². The number of hydrogen-bond donors (Lipinski definition) is 2. The Kier molecular flexibility index (Phi) is 5.14. The van der Waals surface area contributed by atoms with E-state index in [-0.39, 0.29) is 5.82 Å². The van der Waals surface area contributed by atoms with E-state index in [1.807, 2.05) is 0 Å². The molecule has 4 nitrogen and oxygen atoms in total. The van der Waals surface area contributed by atoms with Crippen LogP contribution >= 0.6 is 27.5 Å². The van der Waals surface area contributed by atoms with Crippen molar-refractivity contribution in [3.05, 3.63) is 39.7 Å². The van der Waals surface area contributed by atoms with Crippen molar-refractivity contribution in [3.8, 4) is 0 Å². The predicted molar refractivity (Wildman–Crippen MR) is 83.2 cm³/mol. The number of aromatic nitrogens is 2. The Morgan fingerprint density at radius 3 is 2.95 bits per heavy atom. The number of benzene rings is 1. The normalized spacial score (nSPS) is 10.4. The summed E-state index contributed by atoms with van der Waals surface area (Å²) in [5.41, 5.74) is 0.451. The molecule has 0 bridgehead atoms. The van der Waals surface area contributed by atoms with Gasteiger partial charge in [0.2, 0.25) is 5.95 Å². The van der Waals surface area contributed by atoms with E-state index in [1.165, 1.54) is 18.2 Å². The van der Waals surface area contributed by atoms with E-state index in [4.69, 9.17) is 11.6 Å². The summed E-state index contributed by atoms with van der Waals surface area (Å²) in [7, 11) is 0. The summed E-state index contributed by atoms with van der Waals surface area (Å²) >= 11 is 9.37. The van der Waals surface area contributed by atoms with Gasteiger partial charge in [-0.3, -0.25) is 0 Å². The van der Waals surface area contributed by atoms with Crippen molar-refractivity contribution in [2.75, 3.05) is 17.2 Å². The van der Waals surface area contributed by atoms with Gasteiger partial charge in [0.1, 0.15) is 11.6 Å². The molecule has 7 heteroatoms. The van der Waals surface area contributed by atoms with Gasteiger partial charge in [0, 0.05) is 12.7 Å². The molecule has 0 aliphatic carbocycles. The van der Waals surface area contributed by atoms with E-state index < -0.39 is 0 Å². The van der Waals surface area contributed by atoms with Crippen LogP contribution in [0.15, 0.2) is 28.9 Å². The molecule has 0 aliphatic rings. The molecule has 0 saturated carbocycles. The maximum Gasteiger partial charge on any atom is 0.224 e. The molecule has 0 amide bonds. The molecule has 106 valence electrons. The van der Waals surface area contributed by atoms with Crippen LogP contribution in [0.5, 0.6) is 0 Å². The third-order valence-electron chi connectivity index (χ3n) is 2.46. The average Bonchev–Trinajstić information content (AvgIpc) is 2.43. The third-order valence-corrected chi connectivity index (χ3v) is 3.37. The third kappa shape index (κ3) is 3.80. The summed E-state index contributed by atoms with van der Waals surface area (Å²) in [6, 6.07) is 4.11. The Labute approximate surface area is 129 Å². The highest BCUT2D eigenvalue weighted by atomic mass is 79.9. The molecule has 0 spiro atoms. The number of nitrogens with one attached hydrogen (secondary N) is 2. The Bertz CT molecular complexity index is 609. The van der Waals surface area contributed by atoms with E-state index in [0.29, 0.717) is 26.9 Å². The summed E-state index contributed by atoms with van der Waals surface area (Å²) < 4.78 is 13.9. The minimum Gasteiger partial charge on any atom is -0.354 e. The van der Waals surface area contributed by atoms with Crippen LogP contribution < -0.4 is 10.6 Å². The largest absolute Gasteiger partial charge is 0.354 e. The quantitative estimate of drug-likeness (QED) is 0.819. The Morgan fingerprint density at radius 2 is 2.20 bits per heavy atom. The summed E-state index contributed by atoms with van der Waals surface area (Å²) in [5, 5.41) is 6.49. The molecule has 1 aromatic carbocycles. The van der Waals surface area contributed by atoms with Gasteiger partial charge in [-0.25, -0.2) is 9.37 Å². The van der Waals surface area contributed by atoms with Gasteiger partial charge < -0.3 is 10.6 Å². The number of anilines is 3. The number of nitrogens with zero attached hydrogens (tertiary/aromatic N) is 2. The van der Waals surface area contributed by atoms with E-state index in [1.54, 1.807) is 6.20 Å². The molecule has 0 radical (unpaired) electrons. The van der Waals surface area contributed by atoms with Crippen molar-refractivity contribution >= 4 is 45.0 Å². The number of rotatable bonds is 5. The van der Waals surface area contributed by atoms with Gasteiger partial charge >= 0.3 is 0 Å². The lowest BCUT2D eigenvalue weighted by Crippen LogP contribution is -2.06. The molecule has 2 rings (SSSR count). The van der Waals surface area contributed by atoms with Crippen molar-refractivity contribution in [1.82, 2.24) is 9.97 Å². The average molecular weight is 360 g/mol. The zero-order chi connectivity index (χ0) is 14.5. The maximum atomic E-state index is 13.2. The lowest BCUT2D eigenvalue weighted by molar-refractivity contribution is 0.628. The number of hydrogen-bond acceptors (Lipinski definition) is 4. The van der Waals surface area contributed by atoms with Gasteiger partial charge in [-0.15, -0.1) is 0 Å². The monoisotopic (exact) mass is 358 g/mol. The standard InChI is InChI=1S/C13H13BrClFN4/c1-2-5-17-13-18-7-9(14)12(20-13)19-11-6-8(16)3-4-10(11)15/h3-4,6-7H,2,5H2,1H3,(H2,17,18,19,20). The molecule has 2 aromatic rings. The van der Waals surface area contributed by atoms with Crippen molar-refractivity contribution < 1.29 is 4.39 Å². The molecule has 0 aliphatic heterocycles. The smallest absolute Gasteiger partial charge is 0.224 e. The van der Waals surface area contributed by atoms with Crippen molar-refractivity contribution in [1.29, 1.82) is 0 Å². The van der Waals surface area contributed by atoms with Crippen molar-refractivity contribution in [2.45, 2.75) is 13.3 Å². The Morgan fingerprint density at radius 1 is 1.40 bits per heavy atom. The van der Waals surface area contributed by atoms with Gasteiger partial charge in [-0.2, -0.15) is 4.98 Å². The van der Waals surface area contributed by atoms with Crippen LogP contribution in [-0.4, -0.2) is 16.5 Å². The zero-order valence-electron chi connectivity index (χ0n) is 10.8. The molecule has 1 heterocycles. The van der Waals surface area contributed by atoms with Gasteiger partial charge in [-0.1, -0.05) is 18.5 Å². The predicted octanol–water partition coefficient (Wildman–Crippen LogP) is 4.60. The lowest BCUT2D eigenvalue weighted by Gasteiger charge is -2.11. The first kappa shape index (κ1) is 15.0. The molecule has 2 N–H and O–H groups in total. The van der Waals surface area contributed by atoms with Crippen LogP contribution in [0.3, 0.4) is 0 Å².